The summed E-state index contributed by atoms with van der Waals surface area (Å²) in [5, 5.41) is 21.6. The Morgan fingerprint density at radius 2 is 2.13 bits per heavy atom. The highest BCUT2D eigenvalue weighted by molar-refractivity contribution is 5.92. The maximum absolute atomic E-state index is 12.8. The number of hydrogen-bond acceptors (Lipinski definition) is 5. The van der Waals surface area contributed by atoms with Crippen LogP contribution in [-0.4, -0.2) is 44.7 Å². The first-order chi connectivity index (χ1) is 14.6. The van der Waals surface area contributed by atoms with Crippen LogP contribution in [0.5, 0.6) is 0 Å². The number of nitrogens with zero attached hydrogens (tertiary/aromatic N) is 3. The summed E-state index contributed by atoms with van der Waals surface area (Å²) in [6, 6.07) is 10.5. The van der Waals surface area contributed by atoms with Gasteiger partial charge in [0.25, 0.3) is 0 Å². The van der Waals surface area contributed by atoms with Crippen molar-refractivity contribution in [2.45, 2.75) is 51.5 Å². The summed E-state index contributed by atoms with van der Waals surface area (Å²) in [5.74, 6) is 0.479. The molecular formula is C22H27N5O3. The van der Waals surface area contributed by atoms with Crippen molar-refractivity contribution in [3.63, 3.8) is 0 Å². The summed E-state index contributed by atoms with van der Waals surface area (Å²) >= 11 is 0. The van der Waals surface area contributed by atoms with Crippen LogP contribution in [0.4, 0.5) is 10.6 Å². The molecule has 30 heavy (non-hydrogen) atoms. The van der Waals surface area contributed by atoms with Crippen LogP contribution in [0, 0.1) is 0 Å². The van der Waals surface area contributed by atoms with E-state index in [2.05, 4.69) is 20.7 Å². The van der Waals surface area contributed by atoms with Crippen LogP contribution in [0.3, 0.4) is 0 Å². The van der Waals surface area contributed by atoms with Crippen molar-refractivity contribution in [2.24, 2.45) is 0 Å². The highest BCUT2D eigenvalue weighted by Crippen LogP contribution is 2.26. The number of amides is 2. The molecule has 2 amide bonds. The molecule has 3 heterocycles. The van der Waals surface area contributed by atoms with Crippen molar-refractivity contribution in [3.8, 4) is 0 Å². The molecule has 0 aliphatic carbocycles. The van der Waals surface area contributed by atoms with Crippen LogP contribution in [0.25, 0.3) is 10.9 Å². The van der Waals surface area contributed by atoms with Gasteiger partial charge in [0.15, 0.2) is 0 Å². The van der Waals surface area contributed by atoms with E-state index in [1.165, 1.54) is 0 Å². The average molecular weight is 409 g/mol. The van der Waals surface area contributed by atoms with Gasteiger partial charge in [0.05, 0.1) is 29.6 Å². The van der Waals surface area contributed by atoms with Crippen LogP contribution >= 0.6 is 0 Å². The Kier molecular flexibility index (Phi) is 5.96. The molecule has 3 aromatic rings. The first kappa shape index (κ1) is 20.3. The van der Waals surface area contributed by atoms with E-state index in [-0.39, 0.29) is 0 Å². The second-order valence-electron chi connectivity index (χ2n) is 7.52. The number of carbonyl (C=O) groups is 1. The van der Waals surface area contributed by atoms with E-state index in [1.807, 2.05) is 48.0 Å². The third kappa shape index (κ3) is 4.15. The smallest absolute Gasteiger partial charge is 0.320 e. The van der Waals surface area contributed by atoms with Gasteiger partial charge in [-0.25, -0.2) is 9.78 Å². The monoisotopic (exact) mass is 409 g/mol. The van der Waals surface area contributed by atoms with E-state index in [1.54, 1.807) is 13.1 Å². The number of aliphatic hydroxyl groups is 1. The maximum atomic E-state index is 12.8. The van der Waals surface area contributed by atoms with Crippen molar-refractivity contribution in [1.82, 2.24) is 20.1 Å². The van der Waals surface area contributed by atoms with Crippen molar-refractivity contribution < 1.29 is 14.6 Å². The van der Waals surface area contributed by atoms with Gasteiger partial charge in [-0.05, 0) is 38.3 Å². The molecule has 2 aromatic heterocycles. The summed E-state index contributed by atoms with van der Waals surface area (Å²) in [7, 11) is 0. The minimum Gasteiger partial charge on any atom is -0.391 e. The molecule has 2 bridgehead atoms. The van der Waals surface area contributed by atoms with E-state index in [4.69, 9.17) is 4.74 Å². The number of urea groups is 1. The Bertz CT molecular complexity index is 1020. The number of hydrogen-bond donors (Lipinski definition) is 3. The molecule has 8 nitrogen and oxygen atoms in total. The van der Waals surface area contributed by atoms with Gasteiger partial charge < -0.3 is 15.2 Å². The zero-order valence-electron chi connectivity index (χ0n) is 17.2. The lowest BCUT2D eigenvalue weighted by Crippen LogP contribution is -2.44. The number of aromatic nitrogens is 3. The number of rotatable bonds is 3. The van der Waals surface area contributed by atoms with Gasteiger partial charge in [-0.2, -0.15) is 5.10 Å². The maximum Gasteiger partial charge on any atom is 0.320 e. The summed E-state index contributed by atoms with van der Waals surface area (Å²) in [6.07, 6.45) is 1.87. The molecule has 0 saturated heterocycles. The normalized spacial score (nSPS) is 21.2. The van der Waals surface area contributed by atoms with E-state index >= 15 is 0 Å². The van der Waals surface area contributed by atoms with E-state index in [9.17, 15) is 9.90 Å². The number of ether oxygens (including phenoxy) is 1. The molecule has 3 unspecified atom stereocenters. The number of aliphatic hydroxyl groups excluding tert-OH is 1. The van der Waals surface area contributed by atoms with Crippen LogP contribution in [-0.2, 0) is 17.7 Å². The summed E-state index contributed by atoms with van der Waals surface area (Å²) in [4.78, 5) is 17.5. The van der Waals surface area contributed by atoms with Gasteiger partial charge >= 0.3 is 6.03 Å². The Labute approximate surface area is 175 Å². The largest absolute Gasteiger partial charge is 0.391 e. The van der Waals surface area contributed by atoms with E-state index in [0.29, 0.717) is 18.8 Å². The van der Waals surface area contributed by atoms with Gasteiger partial charge in [0.1, 0.15) is 11.9 Å². The molecule has 158 valence electrons. The van der Waals surface area contributed by atoms with Crippen molar-refractivity contribution in [3.05, 3.63) is 53.9 Å². The Balaban J connectivity index is 1.70. The average Bonchev–Trinajstić information content (AvgIpc) is 3.15. The van der Waals surface area contributed by atoms with Gasteiger partial charge in [-0.3, -0.25) is 10.00 Å². The topological polar surface area (TPSA) is 101 Å². The SMILES string of the molecule is CCn1ncc2cc3nc(c21)CCCOC(C(C)O)C(c1ccccc1)NC(=O)N3. The number of aryl methyl sites for hydroxylation is 2. The van der Waals surface area contributed by atoms with Crippen molar-refractivity contribution in [1.29, 1.82) is 0 Å². The first-order valence-electron chi connectivity index (χ1n) is 10.3. The number of anilines is 1. The predicted octanol–water partition coefficient (Wildman–Crippen LogP) is 3.03. The summed E-state index contributed by atoms with van der Waals surface area (Å²) < 4.78 is 7.99. The Morgan fingerprint density at radius 3 is 2.87 bits per heavy atom. The molecule has 0 saturated carbocycles. The highest BCUT2D eigenvalue weighted by Gasteiger charge is 2.30. The first-order valence-corrected chi connectivity index (χ1v) is 10.3. The molecule has 1 aliphatic heterocycles. The Morgan fingerprint density at radius 1 is 1.33 bits per heavy atom. The molecule has 3 atom stereocenters. The number of carbonyl (C=O) groups excluding carboxylic acids is 1. The van der Waals surface area contributed by atoms with Gasteiger partial charge in [0.2, 0.25) is 0 Å². The van der Waals surface area contributed by atoms with E-state index < -0.39 is 24.3 Å². The molecule has 1 aromatic carbocycles. The number of nitrogens with one attached hydrogen (secondary N) is 2. The third-order valence-corrected chi connectivity index (χ3v) is 5.35. The Hall–Kier alpha value is -2.97. The fraction of sp³-hybridized carbons (Fsp3) is 0.409. The number of benzene rings is 1. The fourth-order valence-electron chi connectivity index (χ4n) is 3.96. The number of pyridine rings is 1. The van der Waals surface area contributed by atoms with Gasteiger partial charge in [0, 0.05) is 18.5 Å². The molecule has 3 N–H and O–H groups in total. The molecule has 0 spiro atoms. The van der Waals surface area contributed by atoms with Crippen LogP contribution in [0.15, 0.2) is 42.6 Å². The minimum absolute atomic E-state index is 0.403. The molecule has 0 radical (unpaired) electrons. The molecule has 0 fully saturated rings. The van der Waals surface area contributed by atoms with Crippen molar-refractivity contribution in [2.75, 3.05) is 11.9 Å². The van der Waals surface area contributed by atoms with Crippen LogP contribution in [0.2, 0.25) is 0 Å². The second kappa shape index (κ2) is 8.81. The minimum atomic E-state index is -0.761. The predicted molar refractivity (Wildman–Crippen MR) is 114 cm³/mol. The van der Waals surface area contributed by atoms with Crippen LogP contribution in [0.1, 0.15) is 37.6 Å². The standard InChI is InChI=1S/C22H27N5O3/c1-3-27-20-16(13-23-27)12-18-24-17(20)10-7-11-30-21(14(2)28)19(26-22(29)25-18)15-8-5-4-6-9-15/h4-6,8-9,12-14,19,21,28H,3,7,10-11H2,1-2H3,(H2,24,25,26,29). The quantitative estimate of drug-likeness (QED) is 0.617. The lowest BCUT2D eigenvalue weighted by atomic mass is 9.98. The summed E-state index contributed by atoms with van der Waals surface area (Å²) in [6.45, 7) is 4.90. The lowest BCUT2D eigenvalue weighted by Gasteiger charge is -2.31. The summed E-state index contributed by atoms with van der Waals surface area (Å²) in [5.41, 5.74) is 2.72. The van der Waals surface area contributed by atoms with Gasteiger partial charge in [-0.15, -0.1) is 0 Å². The molecule has 8 heteroatoms. The second-order valence-corrected chi connectivity index (χ2v) is 7.52. The van der Waals surface area contributed by atoms with Gasteiger partial charge in [-0.1, -0.05) is 30.3 Å². The van der Waals surface area contributed by atoms with Crippen LogP contribution < -0.4 is 10.6 Å². The van der Waals surface area contributed by atoms with E-state index in [0.717, 1.165) is 35.1 Å². The lowest BCUT2D eigenvalue weighted by molar-refractivity contribution is -0.0485. The molecular weight excluding hydrogens is 382 g/mol. The zero-order chi connectivity index (χ0) is 21.1. The third-order valence-electron chi connectivity index (χ3n) is 5.35. The highest BCUT2D eigenvalue weighted by atomic mass is 16.5. The van der Waals surface area contributed by atoms with Crippen molar-refractivity contribution >= 4 is 22.8 Å². The molecule has 4 rings (SSSR count). The zero-order valence-corrected chi connectivity index (χ0v) is 17.2. The fourth-order valence-corrected chi connectivity index (χ4v) is 3.96. The molecule has 1 aliphatic rings. The number of fused-ring (bicyclic) bond motifs is 4.